The van der Waals surface area contributed by atoms with Crippen molar-refractivity contribution in [3.8, 4) is 0 Å². The molecule has 5 nitrogen and oxygen atoms in total. The van der Waals surface area contributed by atoms with E-state index in [-0.39, 0.29) is 18.2 Å². The number of aryl methyl sites for hydroxylation is 1. The van der Waals surface area contributed by atoms with Gasteiger partial charge in [0.25, 0.3) is 5.91 Å². The van der Waals surface area contributed by atoms with E-state index in [0.717, 1.165) is 18.4 Å². The lowest BCUT2D eigenvalue weighted by atomic mass is 10.1. The number of carbonyl (C=O) groups excluding carboxylic acids is 2. The van der Waals surface area contributed by atoms with Crippen LogP contribution in [0.2, 0.25) is 0 Å². The summed E-state index contributed by atoms with van der Waals surface area (Å²) >= 11 is 0. The van der Waals surface area contributed by atoms with Crippen molar-refractivity contribution >= 4 is 17.5 Å². The first kappa shape index (κ1) is 16.3. The van der Waals surface area contributed by atoms with Gasteiger partial charge in [-0.1, -0.05) is 19.1 Å². The number of aromatic nitrogens is 1. The Bertz CT molecular complexity index is 713. The van der Waals surface area contributed by atoms with Crippen LogP contribution < -0.4 is 10.2 Å². The van der Waals surface area contributed by atoms with Crippen molar-refractivity contribution < 1.29 is 9.59 Å². The van der Waals surface area contributed by atoms with E-state index in [1.165, 1.54) is 10.5 Å². The number of carbonyl (C=O) groups is 2. The SMILES string of the molecule is CCc1ccc(N2C(=O)CC(NCCc3ccncc3)C2=O)cc1. The second-order valence-electron chi connectivity index (χ2n) is 5.90. The summed E-state index contributed by atoms with van der Waals surface area (Å²) in [6.45, 7) is 2.72. The van der Waals surface area contributed by atoms with Crippen LogP contribution in [0.1, 0.15) is 24.5 Å². The smallest absolute Gasteiger partial charge is 0.251 e. The molecule has 0 bridgehead atoms. The summed E-state index contributed by atoms with van der Waals surface area (Å²) in [7, 11) is 0. The van der Waals surface area contributed by atoms with Crippen molar-refractivity contribution in [2.45, 2.75) is 32.2 Å². The molecule has 1 aliphatic rings. The topological polar surface area (TPSA) is 62.3 Å². The van der Waals surface area contributed by atoms with Crippen molar-refractivity contribution in [1.82, 2.24) is 10.3 Å². The van der Waals surface area contributed by atoms with Gasteiger partial charge in [0.15, 0.2) is 0 Å². The molecule has 1 N–H and O–H groups in total. The Morgan fingerprint density at radius 2 is 1.79 bits per heavy atom. The van der Waals surface area contributed by atoms with Crippen LogP contribution in [0.15, 0.2) is 48.8 Å². The lowest BCUT2D eigenvalue weighted by Crippen LogP contribution is -2.39. The highest BCUT2D eigenvalue weighted by Gasteiger charge is 2.39. The predicted molar refractivity (Wildman–Crippen MR) is 92.7 cm³/mol. The van der Waals surface area contributed by atoms with Gasteiger partial charge in [-0.25, -0.2) is 4.90 Å². The average molecular weight is 323 g/mol. The van der Waals surface area contributed by atoms with Gasteiger partial charge in [0, 0.05) is 12.4 Å². The molecule has 2 heterocycles. The van der Waals surface area contributed by atoms with Crippen molar-refractivity contribution in [2.24, 2.45) is 0 Å². The van der Waals surface area contributed by atoms with Crippen molar-refractivity contribution in [3.05, 3.63) is 59.9 Å². The predicted octanol–water partition coefficient (Wildman–Crippen LogP) is 2.11. The molecule has 1 atom stereocenters. The standard InChI is InChI=1S/C19H21N3O2/c1-2-14-3-5-16(6-4-14)22-18(23)13-17(19(22)24)21-12-9-15-7-10-20-11-8-15/h3-8,10-11,17,21H,2,9,12-13H2,1H3. The van der Waals surface area contributed by atoms with E-state index >= 15 is 0 Å². The zero-order chi connectivity index (χ0) is 16.9. The fourth-order valence-corrected chi connectivity index (χ4v) is 2.88. The minimum atomic E-state index is -0.440. The van der Waals surface area contributed by atoms with Crippen LogP contribution >= 0.6 is 0 Å². The van der Waals surface area contributed by atoms with Crippen LogP contribution in [0.3, 0.4) is 0 Å². The molecule has 1 aromatic heterocycles. The Kier molecular flexibility index (Phi) is 5.01. The number of anilines is 1. The van der Waals surface area contributed by atoms with Gasteiger partial charge in [-0.15, -0.1) is 0 Å². The summed E-state index contributed by atoms with van der Waals surface area (Å²) in [6.07, 6.45) is 5.44. The second kappa shape index (κ2) is 7.36. The zero-order valence-corrected chi connectivity index (χ0v) is 13.7. The third-order valence-electron chi connectivity index (χ3n) is 4.30. The maximum atomic E-state index is 12.5. The Morgan fingerprint density at radius 3 is 2.46 bits per heavy atom. The van der Waals surface area contributed by atoms with E-state index in [0.29, 0.717) is 12.2 Å². The van der Waals surface area contributed by atoms with Crippen LogP contribution in [0.5, 0.6) is 0 Å². The number of imide groups is 1. The summed E-state index contributed by atoms with van der Waals surface area (Å²) < 4.78 is 0. The van der Waals surface area contributed by atoms with E-state index in [2.05, 4.69) is 17.2 Å². The van der Waals surface area contributed by atoms with Gasteiger partial charge in [-0.05, 0) is 54.8 Å². The number of benzene rings is 1. The molecule has 2 amide bonds. The Morgan fingerprint density at radius 1 is 1.08 bits per heavy atom. The maximum absolute atomic E-state index is 12.5. The first-order valence-corrected chi connectivity index (χ1v) is 8.27. The monoisotopic (exact) mass is 323 g/mol. The summed E-state index contributed by atoms with van der Waals surface area (Å²) in [4.78, 5) is 30.1. The van der Waals surface area contributed by atoms with Crippen LogP contribution in [0, 0.1) is 0 Å². The normalized spacial score (nSPS) is 17.5. The minimum Gasteiger partial charge on any atom is -0.305 e. The minimum absolute atomic E-state index is 0.148. The molecule has 0 aliphatic carbocycles. The number of rotatable bonds is 6. The molecule has 1 unspecified atom stereocenters. The number of hydrogen-bond donors (Lipinski definition) is 1. The van der Waals surface area contributed by atoms with Crippen LogP contribution in [-0.2, 0) is 22.4 Å². The number of nitrogens with one attached hydrogen (secondary N) is 1. The summed E-state index contributed by atoms with van der Waals surface area (Å²) in [6, 6.07) is 11.1. The lowest BCUT2D eigenvalue weighted by Gasteiger charge is -2.16. The van der Waals surface area contributed by atoms with E-state index in [4.69, 9.17) is 0 Å². The lowest BCUT2D eigenvalue weighted by molar-refractivity contribution is -0.121. The van der Waals surface area contributed by atoms with Crippen LogP contribution in [-0.4, -0.2) is 29.4 Å². The van der Waals surface area contributed by atoms with E-state index in [1.54, 1.807) is 12.4 Å². The van der Waals surface area contributed by atoms with Gasteiger partial charge in [0.2, 0.25) is 5.91 Å². The van der Waals surface area contributed by atoms with Crippen LogP contribution in [0.4, 0.5) is 5.69 Å². The summed E-state index contributed by atoms with van der Waals surface area (Å²) in [5, 5.41) is 3.20. The molecule has 1 aliphatic heterocycles. The molecule has 1 aromatic carbocycles. The average Bonchev–Trinajstić information content (AvgIpc) is 2.90. The quantitative estimate of drug-likeness (QED) is 0.827. The highest BCUT2D eigenvalue weighted by atomic mass is 16.2. The number of amides is 2. The Hall–Kier alpha value is -2.53. The first-order chi connectivity index (χ1) is 11.7. The number of hydrogen-bond acceptors (Lipinski definition) is 4. The molecule has 0 spiro atoms. The highest BCUT2D eigenvalue weighted by molar-refractivity contribution is 6.22. The van der Waals surface area contributed by atoms with Crippen molar-refractivity contribution in [2.75, 3.05) is 11.4 Å². The van der Waals surface area contributed by atoms with Gasteiger partial charge >= 0.3 is 0 Å². The Labute approximate surface area is 141 Å². The van der Waals surface area contributed by atoms with Crippen molar-refractivity contribution in [1.29, 1.82) is 0 Å². The molecular weight excluding hydrogens is 302 g/mol. The van der Waals surface area contributed by atoms with Gasteiger partial charge in [0.05, 0.1) is 18.2 Å². The first-order valence-electron chi connectivity index (χ1n) is 8.27. The zero-order valence-electron chi connectivity index (χ0n) is 13.7. The fourth-order valence-electron chi connectivity index (χ4n) is 2.88. The molecule has 1 fully saturated rings. The number of pyridine rings is 1. The molecule has 124 valence electrons. The molecule has 5 heteroatoms. The van der Waals surface area contributed by atoms with E-state index in [9.17, 15) is 9.59 Å². The third-order valence-corrected chi connectivity index (χ3v) is 4.30. The van der Waals surface area contributed by atoms with Gasteiger partial charge in [0.1, 0.15) is 0 Å². The summed E-state index contributed by atoms with van der Waals surface area (Å²) in [5.41, 5.74) is 2.99. The van der Waals surface area contributed by atoms with Gasteiger partial charge in [-0.3, -0.25) is 14.6 Å². The van der Waals surface area contributed by atoms with E-state index < -0.39 is 6.04 Å². The largest absolute Gasteiger partial charge is 0.305 e. The van der Waals surface area contributed by atoms with E-state index in [1.807, 2.05) is 36.4 Å². The van der Waals surface area contributed by atoms with Gasteiger partial charge in [-0.2, -0.15) is 0 Å². The van der Waals surface area contributed by atoms with Crippen LogP contribution in [0.25, 0.3) is 0 Å². The Balaban J connectivity index is 1.61. The molecular formula is C19H21N3O2. The maximum Gasteiger partial charge on any atom is 0.251 e. The summed E-state index contributed by atoms with van der Waals surface area (Å²) in [5.74, 6) is -0.315. The molecule has 0 radical (unpaired) electrons. The molecule has 2 aromatic rings. The molecule has 0 saturated carbocycles. The highest BCUT2D eigenvalue weighted by Crippen LogP contribution is 2.23. The molecule has 1 saturated heterocycles. The molecule has 24 heavy (non-hydrogen) atoms. The fraction of sp³-hybridized carbons (Fsp3) is 0.316. The molecule has 3 rings (SSSR count). The second-order valence-corrected chi connectivity index (χ2v) is 5.90. The van der Waals surface area contributed by atoms with Crippen molar-refractivity contribution in [3.63, 3.8) is 0 Å². The third kappa shape index (κ3) is 3.51. The van der Waals surface area contributed by atoms with Gasteiger partial charge < -0.3 is 5.32 Å². The number of nitrogens with zero attached hydrogens (tertiary/aromatic N) is 2.